The van der Waals surface area contributed by atoms with Gasteiger partial charge in [-0.2, -0.15) is 0 Å². The Labute approximate surface area is 114 Å². The maximum Gasteiger partial charge on any atom is 0.0776 e. The maximum atomic E-state index is 6.23. The first-order valence-electron chi connectivity index (χ1n) is 5.05. The number of nitrogens with one attached hydrogen (secondary N) is 1. The van der Waals surface area contributed by atoms with E-state index in [9.17, 15) is 0 Å². The van der Waals surface area contributed by atoms with E-state index in [0.717, 1.165) is 16.1 Å². The molecule has 1 aromatic carbocycles. The molecule has 0 aliphatic carbocycles. The van der Waals surface area contributed by atoms with Crippen LogP contribution < -0.4 is 5.32 Å². The second-order valence-corrected chi connectivity index (χ2v) is 5.16. The van der Waals surface area contributed by atoms with Gasteiger partial charge in [0, 0.05) is 0 Å². The molecule has 1 N–H and O–H groups in total. The molecule has 0 saturated heterocycles. The Morgan fingerprint density at radius 2 is 2.12 bits per heavy atom. The number of benzene rings is 1. The molecule has 17 heavy (non-hydrogen) atoms. The number of aryl methyl sites for hydroxylation is 1. The van der Waals surface area contributed by atoms with Crippen molar-refractivity contribution < 1.29 is 0 Å². The summed E-state index contributed by atoms with van der Waals surface area (Å²) in [7, 11) is 1.88. The number of hydrogen-bond donors (Lipinski definition) is 1. The second-order valence-electron chi connectivity index (χ2n) is 3.59. The van der Waals surface area contributed by atoms with Gasteiger partial charge in [0.1, 0.15) is 0 Å². The number of aromatic nitrogens is 2. The summed E-state index contributed by atoms with van der Waals surface area (Å²) in [4.78, 5) is 1.05. The zero-order valence-corrected chi connectivity index (χ0v) is 11.7. The zero-order valence-electron chi connectivity index (χ0n) is 9.37. The summed E-state index contributed by atoms with van der Waals surface area (Å²) in [5.74, 6) is 0. The molecule has 6 heteroatoms. The van der Waals surface area contributed by atoms with Crippen LogP contribution in [0.15, 0.2) is 18.2 Å². The Morgan fingerprint density at radius 3 is 2.71 bits per heavy atom. The highest BCUT2D eigenvalue weighted by Gasteiger charge is 2.20. The van der Waals surface area contributed by atoms with Crippen LogP contribution in [0.4, 0.5) is 0 Å². The van der Waals surface area contributed by atoms with Crippen LogP contribution in [0.1, 0.15) is 22.2 Å². The van der Waals surface area contributed by atoms with E-state index in [1.54, 1.807) is 6.07 Å². The lowest BCUT2D eigenvalue weighted by atomic mass is 10.0. The summed E-state index contributed by atoms with van der Waals surface area (Å²) < 4.78 is 3.94. The zero-order chi connectivity index (χ0) is 12.4. The molecule has 1 aromatic heterocycles. The van der Waals surface area contributed by atoms with Gasteiger partial charge in [0.2, 0.25) is 0 Å². The number of nitrogens with zero attached hydrogens (tertiary/aromatic N) is 2. The largest absolute Gasteiger partial charge is 0.309 e. The molecular formula is C11H11Cl2N3S. The Bertz CT molecular complexity index is 527. The van der Waals surface area contributed by atoms with Crippen LogP contribution >= 0.6 is 34.7 Å². The summed E-state index contributed by atoms with van der Waals surface area (Å²) in [6.07, 6.45) is 0. The van der Waals surface area contributed by atoms with Gasteiger partial charge in [0.25, 0.3) is 0 Å². The molecule has 0 amide bonds. The lowest BCUT2D eigenvalue weighted by molar-refractivity contribution is 0.697. The first-order chi connectivity index (χ1) is 8.15. The molecule has 1 unspecified atom stereocenters. The van der Waals surface area contributed by atoms with Gasteiger partial charge < -0.3 is 5.32 Å². The molecule has 0 aliphatic rings. The predicted molar refractivity (Wildman–Crippen MR) is 72.0 cm³/mol. The minimum atomic E-state index is -0.0267. The van der Waals surface area contributed by atoms with Crippen LogP contribution in [0.2, 0.25) is 10.0 Å². The average molecular weight is 288 g/mol. The molecule has 2 aromatic rings. The van der Waals surface area contributed by atoms with Crippen molar-refractivity contribution in [3.63, 3.8) is 0 Å². The maximum absolute atomic E-state index is 6.23. The molecule has 0 spiro atoms. The summed E-state index contributed by atoms with van der Waals surface area (Å²) >= 11 is 13.6. The Morgan fingerprint density at radius 1 is 1.35 bits per heavy atom. The van der Waals surface area contributed by atoms with Crippen molar-refractivity contribution >= 4 is 34.7 Å². The van der Waals surface area contributed by atoms with Crippen molar-refractivity contribution in [1.82, 2.24) is 14.9 Å². The second kappa shape index (κ2) is 5.31. The van der Waals surface area contributed by atoms with E-state index in [4.69, 9.17) is 23.2 Å². The van der Waals surface area contributed by atoms with E-state index in [1.165, 1.54) is 11.5 Å². The van der Waals surface area contributed by atoms with E-state index >= 15 is 0 Å². The summed E-state index contributed by atoms with van der Waals surface area (Å²) in [6, 6.07) is 5.59. The third-order valence-corrected chi connectivity index (χ3v) is 4.25. The third kappa shape index (κ3) is 2.45. The molecule has 2 rings (SSSR count). The predicted octanol–water partition coefficient (Wildman–Crippen LogP) is 3.46. The quantitative estimate of drug-likeness (QED) is 0.939. The first kappa shape index (κ1) is 12.8. The SMILES string of the molecule is CNC(c1cccc(Cl)c1Cl)c1snnc1C. The molecule has 0 aliphatic heterocycles. The Kier molecular flexibility index (Phi) is 3.99. The first-order valence-corrected chi connectivity index (χ1v) is 6.58. The fourth-order valence-corrected chi connectivity index (χ4v) is 2.87. The van der Waals surface area contributed by atoms with Gasteiger partial charge in [-0.05, 0) is 37.1 Å². The molecule has 0 fully saturated rings. The molecule has 0 bridgehead atoms. The standard InChI is InChI=1S/C11H11Cl2N3S/c1-6-11(17-16-15-6)10(14-2)7-4-3-5-8(12)9(7)13/h3-5,10,14H,1-2H3. The van der Waals surface area contributed by atoms with Crippen LogP contribution in [-0.4, -0.2) is 16.6 Å². The van der Waals surface area contributed by atoms with Crippen molar-refractivity contribution in [3.05, 3.63) is 44.4 Å². The van der Waals surface area contributed by atoms with E-state index < -0.39 is 0 Å². The Balaban J connectivity index is 2.50. The fourth-order valence-electron chi connectivity index (χ4n) is 1.67. The van der Waals surface area contributed by atoms with Gasteiger partial charge in [0.05, 0.1) is 26.7 Å². The summed E-state index contributed by atoms with van der Waals surface area (Å²) in [5, 5.41) is 8.36. The van der Waals surface area contributed by atoms with Crippen molar-refractivity contribution in [2.75, 3.05) is 7.05 Å². The fraction of sp³-hybridized carbons (Fsp3) is 0.273. The smallest absolute Gasteiger partial charge is 0.0776 e. The monoisotopic (exact) mass is 287 g/mol. The minimum Gasteiger partial charge on any atom is -0.309 e. The van der Waals surface area contributed by atoms with Gasteiger partial charge in [0.15, 0.2) is 0 Å². The van der Waals surface area contributed by atoms with Gasteiger partial charge in [-0.15, -0.1) is 5.10 Å². The van der Waals surface area contributed by atoms with Gasteiger partial charge in [-0.1, -0.05) is 39.8 Å². The number of hydrogen-bond acceptors (Lipinski definition) is 4. The van der Waals surface area contributed by atoms with Crippen LogP contribution in [0.5, 0.6) is 0 Å². The molecule has 0 saturated carbocycles. The van der Waals surface area contributed by atoms with Crippen LogP contribution in [-0.2, 0) is 0 Å². The van der Waals surface area contributed by atoms with Gasteiger partial charge in [-0.3, -0.25) is 0 Å². The average Bonchev–Trinajstić information content (AvgIpc) is 2.72. The van der Waals surface area contributed by atoms with Crippen molar-refractivity contribution in [2.45, 2.75) is 13.0 Å². The molecule has 3 nitrogen and oxygen atoms in total. The molecule has 1 atom stereocenters. The van der Waals surface area contributed by atoms with Crippen LogP contribution in [0.25, 0.3) is 0 Å². The summed E-state index contributed by atoms with van der Waals surface area (Å²) in [5.41, 5.74) is 1.85. The van der Waals surface area contributed by atoms with Crippen molar-refractivity contribution in [3.8, 4) is 0 Å². The molecule has 1 heterocycles. The highest BCUT2D eigenvalue weighted by atomic mass is 35.5. The normalized spacial score (nSPS) is 12.7. The lowest BCUT2D eigenvalue weighted by Gasteiger charge is -2.17. The van der Waals surface area contributed by atoms with E-state index in [2.05, 4.69) is 14.9 Å². The van der Waals surface area contributed by atoms with Crippen LogP contribution in [0.3, 0.4) is 0 Å². The number of rotatable bonds is 3. The van der Waals surface area contributed by atoms with E-state index in [1.807, 2.05) is 26.1 Å². The molecular weight excluding hydrogens is 277 g/mol. The van der Waals surface area contributed by atoms with Crippen LogP contribution in [0, 0.1) is 6.92 Å². The lowest BCUT2D eigenvalue weighted by Crippen LogP contribution is -2.17. The third-order valence-electron chi connectivity index (χ3n) is 2.53. The van der Waals surface area contributed by atoms with E-state index in [-0.39, 0.29) is 6.04 Å². The summed E-state index contributed by atoms with van der Waals surface area (Å²) in [6.45, 7) is 1.93. The molecule has 0 radical (unpaired) electrons. The Hall–Kier alpha value is -0.680. The van der Waals surface area contributed by atoms with Gasteiger partial charge >= 0.3 is 0 Å². The highest BCUT2D eigenvalue weighted by molar-refractivity contribution is 7.05. The molecule has 90 valence electrons. The topological polar surface area (TPSA) is 37.8 Å². The van der Waals surface area contributed by atoms with Crippen molar-refractivity contribution in [1.29, 1.82) is 0 Å². The number of halogens is 2. The minimum absolute atomic E-state index is 0.0267. The van der Waals surface area contributed by atoms with Crippen molar-refractivity contribution in [2.24, 2.45) is 0 Å². The van der Waals surface area contributed by atoms with E-state index in [0.29, 0.717) is 10.0 Å². The van der Waals surface area contributed by atoms with Gasteiger partial charge in [-0.25, -0.2) is 0 Å². The highest BCUT2D eigenvalue weighted by Crippen LogP contribution is 2.34.